The fourth-order valence-electron chi connectivity index (χ4n) is 1.10. The van der Waals surface area contributed by atoms with Gasteiger partial charge in [-0.05, 0) is 12.5 Å². The van der Waals surface area contributed by atoms with E-state index in [9.17, 15) is 9.18 Å². The summed E-state index contributed by atoms with van der Waals surface area (Å²) in [5.74, 6) is -1.03. The van der Waals surface area contributed by atoms with Gasteiger partial charge in [0.05, 0.1) is 11.8 Å². The molecule has 0 aliphatic heterocycles. The number of amides is 1. The van der Waals surface area contributed by atoms with Gasteiger partial charge in [-0.25, -0.2) is 9.37 Å². The summed E-state index contributed by atoms with van der Waals surface area (Å²) in [7, 11) is 1.58. The van der Waals surface area contributed by atoms with Crippen molar-refractivity contribution in [3.05, 3.63) is 28.8 Å². The molecule has 0 unspecified atom stereocenters. The van der Waals surface area contributed by atoms with Gasteiger partial charge in [0.2, 0.25) is 0 Å². The first kappa shape index (κ1) is 12.9. The minimum absolute atomic E-state index is 0.00867. The van der Waals surface area contributed by atoms with Crippen molar-refractivity contribution in [1.29, 1.82) is 0 Å². The van der Waals surface area contributed by atoms with E-state index in [-0.39, 0.29) is 10.7 Å². The van der Waals surface area contributed by atoms with Crippen LogP contribution in [0.15, 0.2) is 12.3 Å². The standard InChI is InChI=1S/C10H12ClFN2O2/c1-16-4-2-3-13-10(15)8-5-7(12)6-14-9(8)11/h5-6H,2-4H2,1H3,(H,13,15). The second kappa shape index (κ2) is 6.40. The Labute approximate surface area is 97.8 Å². The highest BCUT2D eigenvalue weighted by Gasteiger charge is 2.11. The monoisotopic (exact) mass is 246 g/mol. The van der Waals surface area contributed by atoms with Crippen molar-refractivity contribution in [2.75, 3.05) is 20.3 Å². The number of methoxy groups -OCH3 is 1. The smallest absolute Gasteiger partial charge is 0.254 e. The summed E-state index contributed by atoms with van der Waals surface area (Å²) < 4.78 is 17.7. The molecule has 0 fully saturated rings. The molecular weight excluding hydrogens is 235 g/mol. The van der Waals surface area contributed by atoms with E-state index in [2.05, 4.69) is 10.3 Å². The molecule has 6 heteroatoms. The first-order valence-corrected chi connectivity index (χ1v) is 5.11. The van der Waals surface area contributed by atoms with Crippen molar-refractivity contribution in [1.82, 2.24) is 10.3 Å². The van der Waals surface area contributed by atoms with Crippen molar-refractivity contribution in [3.8, 4) is 0 Å². The third kappa shape index (κ3) is 3.75. The van der Waals surface area contributed by atoms with E-state index >= 15 is 0 Å². The molecule has 0 aliphatic carbocycles. The van der Waals surface area contributed by atoms with E-state index < -0.39 is 11.7 Å². The molecule has 0 saturated heterocycles. The number of nitrogens with one attached hydrogen (secondary N) is 1. The van der Waals surface area contributed by atoms with Gasteiger partial charge < -0.3 is 10.1 Å². The van der Waals surface area contributed by atoms with Gasteiger partial charge in [-0.3, -0.25) is 4.79 Å². The van der Waals surface area contributed by atoms with Gasteiger partial charge in [0.15, 0.2) is 0 Å². The molecule has 0 atom stereocenters. The minimum atomic E-state index is -0.591. The Morgan fingerprint density at radius 3 is 3.12 bits per heavy atom. The quantitative estimate of drug-likeness (QED) is 0.635. The molecule has 1 rings (SSSR count). The number of hydrogen-bond acceptors (Lipinski definition) is 3. The fourth-order valence-corrected chi connectivity index (χ4v) is 1.28. The van der Waals surface area contributed by atoms with E-state index in [0.29, 0.717) is 19.6 Å². The van der Waals surface area contributed by atoms with Crippen LogP contribution in [0.4, 0.5) is 4.39 Å². The van der Waals surface area contributed by atoms with Crippen LogP contribution in [-0.4, -0.2) is 31.2 Å². The van der Waals surface area contributed by atoms with Gasteiger partial charge in [-0.1, -0.05) is 11.6 Å². The molecule has 0 bridgehead atoms. The number of hydrogen-bond donors (Lipinski definition) is 1. The molecule has 1 heterocycles. The first-order valence-electron chi connectivity index (χ1n) is 4.73. The normalized spacial score (nSPS) is 10.2. The molecule has 0 radical (unpaired) electrons. The van der Waals surface area contributed by atoms with Crippen molar-refractivity contribution in [2.24, 2.45) is 0 Å². The molecule has 4 nitrogen and oxygen atoms in total. The van der Waals surface area contributed by atoms with Crippen LogP contribution in [0.5, 0.6) is 0 Å². The Kier molecular flexibility index (Phi) is 5.14. The van der Waals surface area contributed by atoms with Crippen molar-refractivity contribution in [2.45, 2.75) is 6.42 Å². The van der Waals surface area contributed by atoms with Gasteiger partial charge in [0.25, 0.3) is 5.91 Å². The molecule has 0 saturated carbocycles. The lowest BCUT2D eigenvalue weighted by molar-refractivity contribution is 0.0948. The van der Waals surface area contributed by atoms with Crippen LogP contribution in [0.1, 0.15) is 16.8 Å². The van der Waals surface area contributed by atoms with E-state index in [1.807, 2.05) is 0 Å². The van der Waals surface area contributed by atoms with Crippen LogP contribution in [0, 0.1) is 5.82 Å². The number of nitrogens with zero attached hydrogens (tertiary/aromatic N) is 1. The number of halogens is 2. The van der Waals surface area contributed by atoms with Crippen molar-refractivity contribution in [3.63, 3.8) is 0 Å². The van der Waals surface area contributed by atoms with Gasteiger partial charge >= 0.3 is 0 Å². The molecule has 1 aromatic rings. The third-order valence-corrected chi connectivity index (χ3v) is 2.16. The summed E-state index contributed by atoms with van der Waals surface area (Å²) in [5.41, 5.74) is 0.0408. The topological polar surface area (TPSA) is 51.2 Å². The molecule has 1 N–H and O–H groups in total. The van der Waals surface area contributed by atoms with Crippen LogP contribution in [-0.2, 0) is 4.74 Å². The molecule has 16 heavy (non-hydrogen) atoms. The van der Waals surface area contributed by atoms with E-state index in [1.54, 1.807) is 7.11 Å². The van der Waals surface area contributed by atoms with Crippen LogP contribution in [0.3, 0.4) is 0 Å². The molecule has 1 aromatic heterocycles. The Balaban J connectivity index is 2.55. The molecule has 1 amide bonds. The predicted octanol–water partition coefficient (Wildman–Crippen LogP) is 1.64. The number of rotatable bonds is 5. The summed E-state index contributed by atoms with van der Waals surface area (Å²) in [6, 6.07) is 1.06. The Morgan fingerprint density at radius 1 is 1.69 bits per heavy atom. The lowest BCUT2D eigenvalue weighted by Crippen LogP contribution is -2.25. The highest BCUT2D eigenvalue weighted by Crippen LogP contribution is 2.13. The maximum absolute atomic E-state index is 12.8. The number of carbonyl (C=O) groups excluding carboxylic acids is 1. The van der Waals surface area contributed by atoms with E-state index in [0.717, 1.165) is 12.3 Å². The van der Waals surface area contributed by atoms with Gasteiger partial charge in [-0.15, -0.1) is 0 Å². The second-order valence-electron chi connectivity index (χ2n) is 3.09. The maximum atomic E-state index is 12.8. The Bertz CT molecular complexity index is 374. The third-order valence-electron chi connectivity index (χ3n) is 1.86. The Hall–Kier alpha value is -1.20. The average Bonchev–Trinajstić information content (AvgIpc) is 2.27. The highest BCUT2D eigenvalue weighted by molar-refractivity contribution is 6.32. The number of pyridine rings is 1. The molecular formula is C10H12ClFN2O2. The largest absolute Gasteiger partial charge is 0.385 e. The van der Waals surface area contributed by atoms with Gasteiger partial charge in [0, 0.05) is 20.3 Å². The zero-order chi connectivity index (χ0) is 12.0. The molecule has 0 aliphatic rings. The summed E-state index contributed by atoms with van der Waals surface area (Å²) in [6.07, 6.45) is 1.65. The zero-order valence-corrected chi connectivity index (χ0v) is 9.55. The fraction of sp³-hybridized carbons (Fsp3) is 0.400. The van der Waals surface area contributed by atoms with Crippen LogP contribution in [0.25, 0.3) is 0 Å². The maximum Gasteiger partial charge on any atom is 0.254 e. The zero-order valence-electron chi connectivity index (χ0n) is 8.80. The lowest BCUT2D eigenvalue weighted by Gasteiger charge is -2.05. The summed E-state index contributed by atoms with van der Waals surface area (Å²) in [5, 5.41) is 2.58. The van der Waals surface area contributed by atoms with Gasteiger partial charge in [0.1, 0.15) is 11.0 Å². The summed E-state index contributed by atoms with van der Waals surface area (Å²) in [6.45, 7) is 0.995. The first-order chi connectivity index (χ1) is 7.65. The number of aromatic nitrogens is 1. The SMILES string of the molecule is COCCCNC(=O)c1cc(F)cnc1Cl. The lowest BCUT2D eigenvalue weighted by atomic mass is 10.2. The van der Waals surface area contributed by atoms with Crippen LogP contribution < -0.4 is 5.32 Å². The summed E-state index contributed by atoms with van der Waals surface area (Å²) >= 11 is 5.67. The predicted molar refractivity (Wildman–Crippen MR) is 58.0 cm³/mol. The van der Waals surface area contributed by atoms with Crippen LogP contribution in [0.2, 0.25) is 5.15 Å². The Morgan fingerprint density at radius 2 is 2.44 bits per heavy atom. The molecule has 0 aromatic carbocycles. The second-order valence-corrected chi connectivity index (χ2v) is 3.45. The van der Waals surface area contributed by atoms with Crippen LogP contribution >= 0.6 is 11.6 Å². The minimum Gasteiger partial charge on any atom is -0.385 e. The average molecular weight is 247 g/mol. The van der Waals surface area contributed by atoms with Crippen molar-refractivity contribution >= 4 is 17.5 Å². The van der Waals surface area contributed by atoms with Gasteiger partial charge in [-0.2, -0.15) is 0 Å². The number of ether oxygens (including phenoxy) is 1. The number of carbonyl (C=O) groups is 1. The molecule has 0 spiro atoms. The van der Waals surface area contributed by atoms with Crippen molar-refractivity contribution < 1.29 is 13.9 Å². The van der Waals surface area contributed by atoms with E-state index in [4.69, 9.17) is 16.3 Å². The summed E-state index contributed by atoms with van der Waals surface area (Å²) in [4.78, 5) is 15.1. The molecule has 88 valence electrons. The highest BCUT2D eigenvalue weighted by atomic mass is 35.5. The van der Waals surface area contributed by atoms with E-state index in [1.165, 1.54) is 0 Å².